The van der Waals surface area contributed by atoms with Crippen LogP contribution in [0.25, 0.3) is 16.3 Å². The van der Waals surface area contributed by atoms with Crippen molar-refractivity contribution in [2.24, 2.45) is 0 Å². The molecule has 4 nitrogen and oxygen atoms in total. The average Bonchev–Trinajstić information content (AvgIpc) is 3.06. The zero-order valence-electron chi connectivity index (χ0n) is 16.1. The van der Waals surface area contributed by atoms with Gasteiger partial charge in [-0.25, -0.2) is 4.98 Å². The van der Waals surface area contributed by atoms with E-state index in [-0.39, 0.29) is 5.91 Å². The molecule has 0 aliphatic carbocycles. The highest BCUT2D eigenvalue weighted by Crippen LogP contribution is 2.30. The minimum atomic E-state index is -0.0339. The van der Waals surface area contributed by atoms with E-state index in [9.17, 15) is 4.79 Å². The summed E-state index contributed by atoms with van der Waals surface area (Å²) in [7, 11) is 4.09. The first-order chi connectivity index (χ1) is 13.0. The van der Waals surface area contributed by atoms with Crippen LogP contribution < -0.4 is 4.90 Å². The molecule has 0 saturated carbocycles. The lowest BCUT2D eigenvalue weighted by Crippen LogP contribution is -2.32. The monoisotopic (exact) mass is 379 g/mol. The van der Waals surface area contributed by atoms with E-state index in [2.05, 4.69) is 24.0 Å². The molecule has 5 heteroatoms. The van der Waals surface area contributed by atoms with Crippen LogP contribution in [0.3, 0.4) is 0 Å². The van der Waals surface area contributed by atoms with E-state index < -0.39 is 0 Å². The van der Waals surface area contributed by atoms with Gasteiger partial charge < -0.3 is 4.90 Å². The van der Waals surface area contributed by atoms with Gasteiger partial charge in [0.15, 0.2) is 5.13 Å². The van der Waals surface area contributed by atoms with Crippen LogP contribution in [0.15, 0.2) is 54.6 Å². The first kappa shape index (κ1) is 19.3. The standard InChI is InChI=1S/C22H25N3OS/c1-17-10-12-19-20(16-17)27-22(23-19)25(15-7-14-24(2)3)21(26)13-11-18-8-5-4-6-9-18/h4-6,8-13,16H,7,14-15H2,1-3H3/b13-11+. The quantitative estimate of drug-likeness (QED) is 0.563. The number of fused-ring (bicyclic) bond motifs is 1. The fourth-order valence-electron chi connectivity index (χ4n) is 2.80. The second-order valence-corrected chi connectivity index (χ2v) is 7.87. The maximum atomic E-state index is 12.9. The van der Waals surface area contributed by atoms with Gasteiger partial charge in [0.25, 0.3) is 5.91 Å². The Morgan fingerprint density at radius 1 is 1.11 bits per heavy atom. The molecule has 1 aromatic heterocycles. The Bertz CT molecular complexity index is 931. The Morgan fingerprint density at radius 2 is 1.89 bits per heavy atom. The van der Waals surface area contributed by atoms with Crippen molar-refractivity contribution in [1.29, 1.82) is 0 Å². The van der Waals surface area contributed by atoms with Crippen molar-refractivity contribution >= 4 is 38.7 Å². The zero-order chi connectivity index (χ0) is 19.2. The van der Waals surface area contributed by atoms with Crippen LogP contribution in [-0.4, -0.2) is 43.0 Å². The molecule has 140 valence electrons. The summed E-state index contributed by atoms with van der Waals surface area (Å²) >= 11 is 1.57. The Morgan fingerprint density at radius 3 is 2.63 bits per heavy atom. The molecule has 0 N–H and O–H groups in total. The number of carbonyl (C=O) groups is 1. The molecule has 0 aliphatic rings. The Labute approximate surface area is 164 Å². The molecule has 3 aromatic rings. The number of carbonyl (C=O) groups excluding carboxylic acids is 1. The minimum Gasteiger partial charge on any atom is -0.309 e. The summed E-state index contributed by atoms with van der Waals surface area (Å²) in [6, 6.07) is 16.1. The Kier molecular flexibility index (Phi) is 6.37. The van der Waals surface area contributed by atoms with Gasteiger partial charge in [0.2, 0.25) is 0 Å². The van der Waals surface area contributed by atoms with Gasteiger partial charge in [-0.1, -0.05) is 47.7 Å². The number of anilines is 1. The molecule has 0 radical (unpaired) electrons. The number of hydrogen-bond acceptors (Lipinski definition) is 4. The maximum Gasteiger partial charge on any atom is 0.252 e. The van der Waals surface area contributed by atoms with E-state index >= 15 is 0 Å². The molecule has 0 fully saturated rings. The van der Waals surface area contributed by atoms with Crippen LogP contribution in [0.1, 0.15) is 17.5 Å². The number of benzene rings is 2. The van der Waals surface area contributed by atoms with Crippen LogP contribution in [0.5, 0.6) is 0 Å². The van der Waals surface area contributed by atoms with Gasteiger partial charge >= 0.3 is 0 Å². The van der Waals surface area contributed by atoms with Crippen LogP contribution in [0, 0.1) is 6.92 Å². The number of aromatic nitrogens is 1. The lowest BCUT2D eigenvalue weighted by molar-refractivity contribution is -0.114. The summed E-state index contributed by atoms with van der Waals surface area (Å²) in [5.74, 6) is -0.0339. The normalized spacial score (nSPS) is 11.6. The third-order valence-electron chi connectivity index (χ3n) is 4.23. The summed E-state index contributed by atoms with van der Waals surface area (Å²) in [6.45, 7) is 3.65. The summed E-state index contributed by atoms with van der Waals surface area (Å²) in [4.78, 5) is 21.6. The highest BCUT2D eigenvalue weighted by Gasteiger charge is 2.17. The van der Waals surface area contributed by atoms with Crippen LogP contribution in [0.2, 0.25) is 0 Å². The highest BCUT2D eigenvalue weighted by atomic mass is 32.1. The molecule has 27 heavy (non-hydrogen) atoms. The average molecular weight is 380 g/mol. The Hall–Kier alpha value is -2.50. The molecular weight excluding hydrogens is 354 g/mol. The van der Waals surface area contributed by atoms with Crippen molar-refractivity contribution in [1.82, 2.24) is 9.88 Å². The number of amides is 1. The molecule has 0 spiro atoms. The van der Waals surface area contributed by atoms with Crippen LogP contribution in [0.4, 0.5) is 5.13 Å². The summed E-state index contributed by atoms with van der Waals surface area (Å²) < 4.78 is 1.11. The van der Waals surface area contributed by atoms with E-state index in [1.807, 2.05) is 56.6 Å². The molecule has 0 unspecified atom stereocenters. The van der Waals surface area contributed by atoms with Crippen molar-refractivity contribution in [3.63, 3.8) is 0 Å². The van der Waals surface area contributed by atoms with Crippen molar-refractivity contribution in [2.45, 2.75) is 13.3 Å². The van der Waals surface area contributed by atoms with Gasteiger partial charge in [-0.05, 0) is 63.3 Å². The summed E-state index contributed by atoms with van der Waals surface area (Å²) in [5.41, 5.74) is 3.16. The van der Waals surface area contributed by atoms with Crippen LogP contribution in [-0.2, 0) is 4.79 Å². The molecule has 0 saturated heterocycles. The fraction of sp³-hybridized carbons (Fsp3) is 0.273. The third kappa shape index (κ3) is 5.25. The van der Waals surface area contributed by atoms with Gasteiger partial charge in [-0.15, -0.1) is 0 Å². The minimum absolute atomic E-state index is 0.0339. The first-order valence-electron chi connectivity index (χ1n) is 9.09. The second-order valence-electron chi connectivity index (χ2n) is 6.86. The zero-order valence-corrected chi connectivity index (χ0v) is 16.9. The third-order valence-corrected chi connectivity index (χ3v) is 5.28. The van der Waals surface area contributed by atoms with E-state index in [0.29, 0.717) is 6.54 Å². The van der Waals surface area contributed by atoms with Crippen molar-refractivity contribution in [3.8, 4) is 0 Å². The topological polar surface area (TPSA) is 36.4 Å². The summed E-state index contributed by atoms with van der Waals surface area (Å²) in [6.07, 6.45) is 4.40. The smallest absolute Gasteiger partial charge is 0.252 e. The predicted molar refractivity (Wildman–Crippen MR) is 115 cm³/mol. The summed E-state index contributed by atoms with van der Waals surface area (Å²) in [5, 5.41) is 0.761. The van der Waals surface area contributed by atoms with Gasteiger partial charge in [0.1, 0.15) is 0 Å². The molecule has 0 atom stereocenters. The molecule has 2 aromatic carbocycles. The molecule has 1 heterocycles. The van der Waals surface area contributed by atoms with E-state index in [1.165, 1.54) is 5.56 Å². The molecule has 0 aliphatic heterocycles. The van der Waals surface area contributed by atoms with E-state index in [1.54, 1.807) is 22.3 Å². The molecule has 1 amide bonds. The second kappa shape index (κ2) is 8.93. The SMILES string of the molecule is Cc1ccc2nc(N(CCCN(C)C)C(=O)/C=C/c3ccccc3)sc2c1. The highest BCUT2D eigenvalue weighted by molar-refractivity contribution is 7.22. The molecular formula is C22H25N3OS. The lowest BCUT2D eigenvalue weighted by atomic mass is 10.2. The molecule has 3 rings (SSSR count). The number of rotatable bonds is 7. The number of aryl methyl sites for hydroxylation is 1. The predicted octanol–water partition coefficient (Wildman–Crippen LogP) is 4.60. The van der Waals surface area contributed by atoms with Gasteiger partial charge in [0, 0.05) is 12.6 Å². The largest absolute Gasteiger partial charge is 0.309 e. The van der Waals surface area contributed by atoms with E-state index in [0.717, 1.165) is 33.9 Å². The van der Waals surface area contributed by atoms with Gasteiger partial charge in [-0.2, -0.15) is 0 Å². The van der Waals surface area contributed by atoms with Gasteiger partial charge in [-0.3, -0.25) is 9.69 Å². The fourth-order valence-corrected chi connectivity index (χ4v) is 3.90. The molecule has 0 bridgehead atoms. The van der Waals surface area contributed by atoms with Crippen molar-refractivity contribution in [3.05, 3.63) is 65.7 Å². The lowest BCUT2D eigenvalue weighted by Gasteiger charge is -2.19. The first-order valence-corrected chi connectivity index (χ1v) is 9.91. The van der Waals surface area contributed by atoms with Gasteiger partial charge in [0.05, 0.1) is 10.2 Å². The number of hydrogen-bond donors (Lipinski definition) is 0. The van der Waals surface area contributed by atoms with Crippen molar-refractivity contribution < 1.29 is 4.79 Å². The number of nitrogens with zero attached hydrogens (tertiary/aromatic N) is 3. The van der Waals surface area contributed by atoms with Crippen LogP contribution >= 0.6 is 11.3 Å². The Balaban J connectivity index is 1.84. The van der Waals surface area contributed by atoms with Crippen molar-refractivity contribution in [2.75, 3.05) is 32.1 Å². The maximum absolute atomic E-state index is 12.9. The van der Waals surface area contributed by atoms with E-state index in [4.69, 9.17) is 4.98 Å². The number of thiazole rings is 1.